The largest absolute Gasteiger partial charge is 0.352 e. The zero-order chi connectivity index (χ0) is 27.2. The average molecular weight is 555 g/mol. The van der Waals surface area contributed by atoms with Crippen LogP contribution >= 0.6 is 22.9 Å². The Balaban J connectivity index is 1.24. The van der Waals surface area contributed by atoms with Gasteiger partial charge in [-0.15, -0.1) is 10.2 Å². The average Bonchev–Trinajstić information content (AvgIpc) is 3.51. The van der Waals surface area contributed by atoms with Gasteiger partial charge in [-0.3, -0.25) is 24.5 Å². The van der Waals surface area contributed by atoms with Gasteiger partial charge in [0.2, 0.25) is 16.9 Å². The standard InChI is InChI=1S/C26H27ClN6O4S/c1-15(2)33-14-17(13-22(33)34)24(36)29-18-9-7-16(8-10-18)23(35)30-26-32-31-21(38-26)11-12-28-25(37)19-5-3-4-6-20(19)27/h3-10,15,17H,11-14H2,1-2H3,(H,28,37)(H,29,36)(H,30,32,35). The second kappa shape index (κ2) is 12.1. The van der Waals surface area contributed by atoms with Gasteiger partial charge in [0.25, 0.3) is 11.8 Å². The van der Waals surface area contributed by atoms with E-state index in [2.05, 4.69) is 26.1 Å². The molecule has 0 aliphatic carbocycles. The van der Waals surface area contributed by atoms with Crippen LogP contribution < -0.4 is 16.0 Å². The molecule has 3 N–H and O–H groups in total. The SMILES string of the molecule is CC(C)N1CC(C(=O)Nc2ccc(C(=O)Nc3nnc(CCNC(=O)c4ccccc4Cl)s3)cc2)CC1=O. The summed E-state index contributed by atoms with van der Waals surface area (Å²) in [5.74, 6) is -1.28. The Kier molecular flexibility index (Phi) is 8.70. The van der Waals surface area contributed by atoms with Crippen molar-refractivity contribution in [2.24, 2.45) is 5.92 Å². The summed E-state index contributed by atoms with van der Waals surface area (Å²) in [6, 6.07) is 13.3. The Bertz CT molecular complexity index is 1340. The molecule has 2 aromatic carbocycles. The molecule has 1 aliphatic rings. The number of rotatable bonds is 9. The van der Waals surface area contributed by atoms with Crippen LogP contribution in [0.1, 0.15) is 46.0 Å². The highest BCUT2D eigenvalue weighted by atomic mass is 35.5. The molecule has 1 saturated heterocycles. The molecule has 0 radical (unpaired) electrons. The van der Waals surface area contributed by atoms with Gasteiger partial charge in [-0.2, -0.15) is 0 Å². The van der Waals surface area contributed by atoms with Gasteiger partial charge in [0.05, 0.1) is 16.5 Å². The van der Waals surface area contributed by atoms with E-state index in [1.807, 2.05) is 13.8 Å². The first-order valence-corrected chi connectivity index (χ1v) is 13.3. The van der Waals surface area contributed by atoms with Crippen LogP contribution in [-0.2, 0) is 16.0 Å². The molecule has 38 heavy (non-hydrogen) atoms. The van der Waals surface area contributed by atoms with Crippen molar-refractivity contribution in [2.45, 2.75) is 32.7 Å². The third kappa shape index (κ3) is 6.73. The minimum absolute atomic E-state index is 0.0196. The monoisotopic (exact) mass is 554 g/mol. The number of carbonyl (C=O) groups is 4. The molecule has 0 spiro atoms. The summed E-state index contributed by atoms with van der Waals surface area (Å²) in [5, 5.41) is 17.7. The predicted molar refractivity (Wildman–Crippen MR) is 145 cm³/mol. The minimum atomic E-state index is -0.399. The molecule has 1 aliphatic heterocycles. The van der Waals surface area contributed by atoms with E-state index in [-0.39, 0.29) is 36.1 Å². The van der Waals surface area contributed by atoms with E-state index in [0.717, 1.165) is 0 Å². The third-order valence-electron chi connectivity index (χ3n) is 6.00. The number of halogens is 1. The van der Waals surface area contributed by atoms with E-state index in [0.29, 0.717) is 51.5 Å². The van der Waals surface area contributed by atoms with Gasteiger partial charge >= 0.3 is 0 Å². The van der Waals surface area contributed by atoms with Gasteiger partial charge in [0, 0.05) is 43.2 Å². The maximum atomic E-state index is 12.6. The topological polar surface area (TPSA) is 133 Å². The first-order valence-electron chi connectivity index (χ1n) is 12.1. The fourth-order valence-electron chi connectivity index (χ4n) is 3.95. The minimum Gasteiger partial charge on any atom is -0.352 e. The van der Waals surface area contributed by atoms with Crippen molar-refractivity contribution in [1.82, 2.24) is 20.4 Å². The smallest absolute Gasteiger partial charge is 0.257 e. The van der Waals surface area contributed by atoms with Crippen LogP contribution in [-0.4, -0.2) is 57.9 Å². The van der Waals surface area contributed by atoms with Crippen molar-refractivity contribution >= 4 is 57.4 Å². The lowest BCUT2D eigenvalue weighted by atomic mass is 10.1. The summed E-state index contributed by atoms with van der Waals surface area (Å²) in [7, 11) is 0. The van der Waals surface area contributed by atoms with Crippen LogP contribution in [0.3, 0.4) is 0 Å². The molecule has 1 unspecified atom stereocenters. The van der Waals surface area contributed by atoms with Crippen molar-refractivity contribution in [1.29, 1.82) is 0 Å². The van der Waals surface area contributed by atoms with E-state index >= 15 is 0 Å². The number of amides is 4. The quantitative estimate of drug-likeness (QED) is 0.370. The number of nitrogens with one attached hydrogen (secondary N) is 3. The number of benzene rings is 2. The van der Waals surface area contributed by atoms with Gasteiger partial charge in [0.1, 0.15) is 5.01 Å². The van der Waals surface area contributed by atoms with Gasteiger partial charge in [-0.1, -0.05) is 35.1 Å². The summed E-state index contributed by atoms with van der Waals surface area (Å²) in [4.78, 5) is 51.2. The lowest BCUT2D eigenvalue weighted by Crippen LogP contribution is -2.33. The highest BCUT2D eigenvalue weighted by Gasteiger charge is 2.35. The Morgan fingerprint density at radius 3 is 2.47 bits per heavy atom. The fourth-order valence-corrected chi connectivity index (χ4v) is 4.91. The Morgan fingerprint density at radius 1 is 1.05 bits per heavy atom. The maximum Gasteiger partial charge on any atom is 0.257 e. The van der Waals surface area contributed by atoms with Gasteiger partial charge < -0.3 is 15.5 Å². The predicted octanol–water partition coefficient (Wildman–Crippen LogP) is 3.61. The summed E-state index contributed by atoms with van der Waals surface area (Å²) < 4.78 is 0. The van der Waals surface area contributed by atoms with Crippen LogP contribution in [0.2, 0.25) is 5.02 Å². The first-order chi connectivity index (χ1) is 18.2. The summed E-state index contributed by atoms with van der Waals surface area (Å²) >= 11 is 7.26. The van der Waals surface area contributed by atoms with Crippen molar-refractivity contribution in [3.05, 3.63) is 69.7 Å². The Hall–Kier alpha value is -3.83. The van der Waals surface area contributed by atoms with Crippen LogP contribution in [0.5, 0.6) is 0 Å². The number of nitrogens with zero attached hydrogens (tertiary/aromatic N) is 3. The highest BCUT2D eigenvalue weighted by Crippen LogP contribution is 2.22. The molecular formula is C26H27ClN6O4S. The van der Waals surface area contributed by atoms with Crippen molar-refractivity contribution in [3.63, 3.8) is 0 Å². The summed E-state index contributed by atoms with van der Waals surface area (Å²) in [6.07, 6.45) is 0.641. The van der Waals surface area contributed by atoms with E-state index < -0.39 is 5.92 Å². The number of hydrogen-bond acceptors (Lipinski definition) is 7. The molecule has 1 atom stereocenters. The van der Waals surface area contributed by atoms with Crippen molar-refractivity contribution in [3.8, 4) is 0 Å². The maximum absolute atomic E-state index is 12.6. The molecule has 0 bridgehead atoms. The molecule has 198 valence electrons. The molecular weight excluding hydrogens is 528 g/mol. The Morgan fingerprint density at radius 2 is 1.79 bits per heavy atom. The van der Waals surface area contributed by atoms with E-state index in [1.54, 1.807) is 53.4 Å². The van der Waals surface area contributed by atoms with Crippen LogP contribution in [0, 0.1) is 5.92 Å². The van der Waals surface area contributed by atoms with Crippen LogP contribution in [0.15, 0.2) is 48.5 Å². The zero-order valence-corrected chi connectivity index (χ0v) is 22.4. The molecule has 2 heterocycles. The summed E-state index contributed by atoms with van der Waals surface area (Å²) in [5.41, 5.74) is 1.32. The highest BCUT2D eigenvalue weighted by molar-refractivity contribution is 7.15. The van der Waals surface area contributed by atoms with E-state index in [4.69, 9.17) is 11.6 Å². The normalized spacial score (nSPS) is 15.0. The molecule has 3 aromatic rings. The number of anilines is 2. The van der Waals surface area contributed by atoms with Gasteiger partial charge in [-0.05, 0) is 50.2 Å². The van der Waals surface area contributed by atoms with Crippen molar-refractivity contribution < 1.29 is 19.2 Å². The fraction of sp³-hybridized carbons (Fsp3) is 0.308. The van der Waals surface area contributed by atoms with Gasteiger partial charge in [-0.25, -0.2) is 0 Å². The third-order valence-corrected chi connectivity index (χ3v) is 7.23. The second-order valence-electron chi connectivity index (χ2n) is 9.05. The molecule has 1 aromatic heterocycles. The van der Waals surface area contributed by atoms with Crippen LogP contribution in [0.4, 0.5) is 10.8 Å². The zero-order valence-electron chi connectivity index (χ0n) is 20.9. The lowest BCUT2D eigenvalue weighted by Gasteiger charge is -2.20. The molecule has 4 rings (SSSR count). The van der Waals surface area contributed by atoms with E-state index in [1.165, 1.54) is 11.3 Å². The Labute approximate surface area is 228 Å². The first kappa shape index (κ1) is 27.2. The molecule has 10 nitrogen and oxygen atoms in total. The number of carbonyl (C=O) groups excluding carboxylic acids is 4. The van der Waals surface area contributed by atoms with Crippen LogP contribution in [0.25, 0.3) is 0 Å². The molecule has 12 heteroatoms. The van der Waals surface area contributed by atoms with Crippen molar-refractivity contribution in [2.75, 3.05) is 23.7 Å². The molecule has 4 amide bonds. The number of aromatic nitrogens is 2. The summed E-state index contributed by atoms with van der Waals surface area (Å²) in [6.45, 7) is 4.59. The number of hydrogen-bond donors (Lipinski definition) is 3. The van der Waals surface area contributed by atoms with Gasteiger partial charge in [0.15, 0.2) is 0 Å². The molecule has 0 saturated carbocycles. The molecule has 1 fully saturated rings. The number of likely N-dealkylation sites (tertiary alicyclic amines) is 1. The van der Waals surface area contributed by atoms with E-state index in [9.17, 15) is 19.2 Å². The second-order valence-corrected chi connectivity index (χ2v) is 10.5. The lowest BCUT2D eigenvalue weighted by molar-refractivity contribution is -0.129.